The van der Waals surface area contributed by atoms with E-state index in [0.717, 1.165) is 37.1 Å². The number of hydrogen-bond donors (Lipinski definition) is 1. The van der Waals surface area contributed by atoms with Crippen molar-refractivity contribution in [2.75, 3.05) is 6.61 Å². The highest BCUT2D eigenvalue weighted by molar-refractivity contribution is 5.71. The smallest absolute Gasteiger partial charge is 0.306 e. The van der Waals surface area contributed by atoms with Gasteiger partial charge in [-0.2, -0.15) is 0 Å². The number of benzene rings is 1. The molecule has 0 fully saturated rings. The van der Waals surface area contributed by atoms with E-state index in [4.69, 9.17) is 4.74 Å². The summed E-state index contributed by atoms with van der Waals surface area (Å²) in [5.41, 5.74) is 4.67. The lowest BCUT2D eigenvalue weighted by Crippen LogP contribution is -2.17. The summed E-state index contributed by atoms with van der Waals surface area (Å²) in [4.78, 5) is 15.7. The minimum atomic E-state index is -0.722. The number of aliphatic carboxylic acids is 1. The van der Waals surface area contributed by atoms with Crippen molar-refractivity contribution in [2.45, 2.75) is 45.4 Å². The van der Waals surface area contributed by atoms with Gasteiger partial charge in [0.05, 0.1) is 12.5 Å². The molecular formula is C21H25NO3. The van der Waals surface area contributed by atoms with Gasteiger partial charge in [0.1, 0.15) is 5.75 Å². The molecule has 1 aliphatic carbocycles. The first-order chi connectivity index (χ1) is 12.1. The van der Waals surface area contributed by atoms with Crippen LogP contribution < -0.4 is 4.74 Å². The molecule has 1 aromatic carbocycles. The van der Waals surface area contributed by atoms with Crippen molar-refractivity contribution < 1.29 is 14.6 Å². The second-order valence-corrected chi connectivity index (χ2v) is 6.74. The van der Waals surface area contributed by atoms with Gasteiger partial charge in [-0.15, -0.1) is 0 Å². The summed E-state index contributed by atoms with van der Waals surface area (Å²) in [5, 5.41) is 9.25. The molecule has 1 heterocycles. The van der Waals surface area contributed by atoms with Crippen molar-refractivity contribution in [1.29, 1.82) is 0 Å². The number of ether oxygens (including phenoxy) is 1. The number of nitrogens with zero attached hydrogens (tertiary/aromatic N) is 1. The van der Waals surface area contributed by atoms with E-state index in [1.807, 2.05) is 18.3 Å². The number of fused-ring (bicyclic) bond motifs is 1. The van der Waals surface area contributed by atoms with Crippen LogP contribution in [0.4, 0.5) is 0 Å². The summed E-state index contributed by atoms with van der Waals surface area (Å²) < 4.78 is 5.88. The van der Waals surface area contributed by atoms with Gasteiger partial charge < -0.3 is 9.84 Å². The number of rotatable bonds is 7. The van der Waals surface area contributed by atoms with Crippen LogP contribution in [0.25, 0.3) is 0 Å². The molecule has 0 bridgehead atoms. The van der Waals surface area contributed by atoms with E-state index in [-0.39, 0.29) is 11.8 Å². The van der Waals surface area contributed by atoms with Gasteiger partial charge in [0, 0.05) is 18.3 Å². The quantitative estimate of drug-likeness (QED) is 0.828. The Morgan fingerprint density at radius 3 is 2.88 bits per heavy atom. The SMILES string of the molecule is CCc1ccc(CCOc2ccc3c(c2)CC[C@H]3[C@H](C)C(=O)O)nc1. The topological polar surface area (TPSA) is 59.4 Å². The highest BCUT2D eigenvalue weighted by atomic mass is 16.5. The molecule has 0 saturated carbocycles. The van der Waals surface area contributed by atoms with Crippen molar-refractivity contribution in [3.05, 3.63) is 58.9 Å². The van der Waals surface area contributed by atoms with Gasteiger partial charge in [0.15, 0.2) is 0 Å². The largest absolute Gasteiger partial charge is 0.493 e. The predicted octanol–water partition coefficient (Wildman–Crippen LogP) is 4.02. The van der Waals surface area contributed by atoms with Gasteiger partial charge >= 0.3 is 5.97 Å². The summed E-state index contributed by atoms with van der Waals surface area (Å²) in [7, 11) is 0. The zero-order valence-electron chi connectivity index (χ0n) is 14.9. The zero-order chi connectivity index (χ0) is 17.8. The fourth-order valence-corrected chi connectivity index (χ4v) is 3.49. The molecule has 4 nitrogen and oxygen atoms in total. The summed E-state index contributed by atoms with van der Waals surface area (Å²) >= 11 is 0. The van der Waals surface area contributed by atoms with Crippen molar-refractivity contribution in [3.8, 4) is 5.75 Å². The summed E-state index contributed by atoms with van der Waals surface area (Å²) in [6.45, 7) is 4.50. The lowest BCUT2D eigenvalue weighted by Gasteiger charge is -2.16. The number of carboxylic acids is 1. The van der Waals surface area contributed by atoms with Crippen molar-refractivity contribution in [2.24, 2.45) is 5.92 Å². The highest BCUT2D eigenvalue weighted by Gasteiger charge is 2.31. The zero-order valence-corrected chi connectivity index (χ0v) is 14.9. The standard InChI is InChI=1S/C21H25NO3/c1-3-15-4-6-17(22-13-15)10-11-25-18-7-9-20-16(12-18)5-8-19(20)14(2)21(23)24/h4,6-7,9,12-14,19H,3,5,8,10-11H2,1-2H3,(H,23,24)/t14-,19-/m0/s1. The summed E-state index contributed by atoms with van der Waals surface area (Å²) in [6.07, 6.45) is 5.53. The number of pyridine rings is 1. The third-order valence-electron chi connectivity index (χ3n) is 5.15. The molecule has 0 amide bonds. The van der Waals surface area contributed by atoms with Crippen molar-refractivity contribution in [3.63, 3.8) is 0 Å². The molecule has 2 aromatic rings. The number of carbonyl (C=O) groups is 1. The maximum Gasteiger partial charge on any atom is 0.306 e. The number of carboxylic acid groups (broad SMARTS) is 1. The van der Waals surface area contributed by atoms with E-state index in [0.29, 0.717) is 6.61 Å². The van der Waals surface area contributed by atoms with Gasteiger partial charge in [0.25, 0.3) is 0 Å². The van der Waals surface area contributed by atoms with Crippen LogP contribution in [0.3, 0.4) is 0 Å². The van der Waals surface area contributed by atoms with E-state index >= 15 is 0 Å². The predicted molar refractivity (Wildman–Crippen MR) is 97.1 cm³/mol. The molecule has 132 valence electrons. The Bertz CT molecular complexity index is 739. The molecular weight excluding hydrogens is 314 g/mol. The van der Waals surface area contributed by atoms with E-state index < -0.39 is 5.97 Å². The van der Waals surface area contributed by atoms with Gasteiger partial charge in [-0.1, -0.05) is 26.0 Å². The second kappa shape index (κ2) is 7.68. The molecule has 1 N–H and O–H groups in total. The molecule has 0 unspecified atom stereocenters. The summed E-state index contributed by atoms with van der Waals surface area (Å²) in [6, 6.07) is 10.2. The minimum Gasteiger partial charge on any atom is -0.493 e. The van der Waals surface area contributed by atoms with Crippen molar-refractivity contribution in [1.82, 2.24) is 4.98 Å². The molecule has 0 spiro atoms. The third kappa shape index (κ3) is 4.01. The minimum absolute atomic E-state index is 0.114. The van der Waals surface area contributed by atoms with E-state index in [9.17, 15) is 9.90 Å². The molecule has 2 atom stereocenters. The van der Waals surface area contributed by atoms with Gasteiger partial charge in [-0.25, -0.2) is 0 Å². The Hall–Kier alpha value is -2.36. The fraction of sp³-hybridized carbons (Fsp3) is 0.429. The van der Waals surface area contributed by atoms with Crippen LogP contribution in [-0.4, -0.2) is 22.7 Å². The maximum atomic E-state index is 11.2. The third-order valence-corrected chi connectivity index (χ3v) is 5.15. The van der Waals surface area contributed by atoms with E-state index in [2.05, 4.69) is 30.1 Å². The lowest BCUT2D eigenvalue weighted by atomic mass is 9.89. The van der Waals surface area contributed by atoms with E-state index in [1.165, 1.54) is 16.7 Å². The molecule has 0 saturated heterocycles. The van der Waals surface area contributed by atoms with Crippen LogP contribution >= 0.6 is 0 Å². The number of hydrogen-bond acceptors (Lipinski definition) is 3. The summed E-state index contributed by atoms with van der Waals surface area (Å²) in [5.74, 6) is -0.0969. The molecule has 3 rings (SSSR count). The van der Waals surface area contributed by atoms with Crippen LogP contribution in [-0.2, 0) is 24.1 Å². The maximum absolute atomic E-state index is 11.2. The van der Waals surface area contributed by atoms with Crippen LogP contribution in [0.15, 0.2) is 36.5 Å². The second-order valence-electron chi connectivity index (χ2n) is 6.74. The molecule has 0 aliphatic heterocycles. The molecule has 25 heavy (non-hydrogen) atoms. The Kier molecular flexibility index (Phi) is 5.37. The Morgan fingerprint density at radius 2 is 2.20 bits per heavy atom. The molecule has 4 heteroatoms. The van der Waals surface area contributed by atoms with Crippen LogP contribution in [0, 0.1) is 5.92 Å². The van der Waals surface area contributed by atoms with Gasteiger partial charge in [0.2, 0.25) is 0 Å². The molecule has 1 aliphatic rings. The van der Waals surface area contributed by atoms with Crippen LogP contribution in [0.5, 0.6) is 5.75 Å². The van der Waals surface area contributed by atoms with Crippen molar-refractivity contribution >= 4 is 5.97 Å². The lowest BCUT2D eigenvalue weighted by molar-refractivity contribution is -0.141. The van der Waals surface area contributed by atoms with Gasteiger partial charge in [-0.3, -0.25) is 9.78 Å². The van der Waals surface area contributed by atoms with Gasteiger partial charge in [-0.05, 0) is 60.1 Å². The monoisotopic (exact) mass is 339 g/mol. The molecule has 0 radical (unpaired) electrons. The first kappa shape index (κ1) is 17.5. The Morgan fingerprint density at radius 1 is 1.36 bits per heavy atom. The average molecular weight is 339 g/mol. The fourth-order valence-electron chi connectivity index (χ4n) is 3.49. The Labute approximate surface area is 148 Å². The number of aromatic nitrogens is 1. The first-order valence-electron chi connectivity index (χ1n) is 9.00. The Balaban J connectivity index is 1.58. The highest BCUT2D eigenvalue weighted by Crippen LogP contribution is 2.39. The van der Waals surface area contributed by atoms with Crippen LogP contribution in [0.1, 0.15) is 48.6 Å². The average Bonchev–Trinajstić information content (AvgIpc) is 3.04. The number of aryl methyl sites for hydroxylation is 2. The van der Waals surface area contributed by atoms with E-state index in [1.54, 1.807) is 6.92 Å². The van der Waals surface area contributed by atoms with Crippen LogP contribution in [0.2, 0.25) is 0 Å². The molecule has 1 aromatic heterocycles. The first-order valence-corrected chi connectivity index (χ1v) is 9.00. The normalized spacial score (nSPS) is 17.1.